The van der Waals surface area contributed by atoms with E-state index in [1.54, 1.807) is 42.7 Å². The third kappa shape index (κ3) is 11.5. The average Bonchev–Trinajstić information content (AvgIpc) is 2.88. The van der Waals surface area contributed by atoms with Gasteiger partial charge in [-0.2, -0.15) is 10.4 Å². The second-order valence-electron chi connectivity index (χ2n) is 7.62. The summed E-state index contributed by atoms with van der Waals surface area (Å²) >= 11 is 0. The highest BCUT2D eigenvalue weighted by molar-refractivity contribution is 6.69. The van der Waals surface area contributed by atoms with Crippen molar-refractivity contribution in [2.24, 2.45) is 0 Å². The fraction of sp³-hybridized carbons (Fsp3) is 0.500. The van der Waals surface area contributed by atoms with Gasteiger partial charge in [-0.3, -0.25) is 0 Å². The molecule has 0 spiro atoms. The van der Waals surface area contributed by atoms with Crippen molar-refractivity contribution in [1.29, 1.82) is 0 Å². The first-order valence-corrected chi connectivity index (χ1v) is 15.6. The molecule has 0 saturated heterocycles. The minimum absolute atomic E-state index is 0.202. The van der Waals surface area contributed by atoms with Crippen LogP contribution in [0.1, 0.15) is 0 Å². The molecule has 0 aliphatic rings. The molecule has 2 aromatic rings. The molecule has 0 atom stereocenters. The average molecular weight is 585 g/mol. The van der Waals surface area contributed by atoms with Gasteiger partial charge in [-0.15, -0.1) is 13.1 Å². The van der Waals surface area contributed by atoms with Gasteiger partial charge in [0.25, 0.3) is 0 Å². The first kappa shape index (κ1) is 35.0. The molecule has 0 aliphatic heterocycles. The van der Waals surface area contributed by atoms with Crippen LogP contribution in [0.25, 0.3) is 0 Å². The van der Waals surface area contributed by atoms with Crippen molar-refractivity contribution >= 4 is 49.4 Å². The lowest BCUT2D eigenvalue weighted by Gasteiger charge is -2.27. The van der Waals surface area contributed by atoms with Crippen LogP contribution in [0.4, 0.5) is 0 Å². The molecule has 0 heterocycles. The van der Waals surface area contributed by atoms with E-state index in [1.165, 1.54) is 0 Å². The minimum atomic E-state index is -0.202. The van der Waals surface area contributed by atoms with E-state index < -0.39 is 0 Å². The molecule has 0 fully saturated rings. The summed E-state index contributed by atoms with van der Waals surface area (Å²) in [6, 6.07) is 7.62. The van der Waals surface area contributed by atoms with Crippen LogP contribution in [0.3, 0.4) is 0 Å². The van der Waals surface area contributed by atoms with Crippen LogP contribution >= 0.6 is 0 Å². The first-order chi connectivity index (χ1) is 17.6. The minimum Gasteiger partial charge on any atom is -0.671 e. The molecular formula is C24H40O9Si4. The highest BCUT2D eigenvalue weighted by Gasteiger charge is 2.14. The monoisotopic (exact) mass is 584 g/mol. The Hall–Kier alpha value is -2.01. The van der Waals surface area contributed by atoms with E-state index in [1.807, 2.05) is 52.7 Å². The number of hydrogen-bond donors (Lipinski definition) is 0. The molecule has 0 saturated carbocycles. The summed E-state index contributed by atoms with van der Waals surface area (Å²) in [6.45, 7) is 4.46. The zero-order chi connectivity index (χ0) is 28.5. The van der Waals surface area contributed by atoms with Crippen LogP contribution < -0.4 is 38.8 Å². The molecule has 0 amide bonds. The molecule has 0 bridgehead atoms. The maximum absolute atomic E-state index is 5.56. The van der Waals surface area contributed by atoms with Crippen molar-refractivity contribution in [2.75, 3.05) is 71.1 Å². The second kappa shape index (κ2) is 19.1. The number of methoxy groups -OCH3 is 6. The van der Waals surface area contributed by atoms with E-state index in [0.29, 0.717) is 44.5 Å². The molecule has 0 aliphatic carbocycles. The third-order valence-corrected chi connectivity index (χ3v) is 8.33. The van der Waals surface area contributed by atoms with Gasteiger partial charge >= 0.3 is 10.0 Å². The Morgan fingerprint density at radius 2 is 1.00 bits per heavy atom. The van der Waals surface area contributed by atoms with Gasteiger partial charge in [0.15, 0.2) is 23.0 Å². The maximum Gasteiger partial charge on any atom is 0.749 e. The van der Waals surface area contributed by atoms with Crippen LogP contribution in [-0.4, -0.2) is 110 Å². The smallest absolute Gasteiger partial charge is 0.671 e. The Kier molecular flexibility index (Phi) is 18.1. The third-order valence-electron chi connectivity index (χ3n) is 4.70. The number of ether oxygens (including phenoxy) is 6. The van der Waals surface area contributed by atoms with Crippen molar-refractivity contribution in [1.82, 2.24) is 0 Å². The highest BCUT2D eigenvalue weighted by atomic mass is 28.3. The van der Waals surface area contributed by atoms with E-state index >= 15 is 0 Å². The number of hydrogen-bond acceptors (Lipinski definition) is 7. The Labute approximate surface area is 232 Å². The summed E-state index contributed by atoms with van der Waals surface area (Å²) in [6.07, 6.45) is 0. The Morgan fingerprint density at radius 3 is 1.19 bits per heavy atom. The lowest BCUT2D eigenvalue weighted by atomic mass is 10.3. The van der Waals surface area contributed by atoms with Gasteiger partial charge in [0, 0.05) is 0 Å². The van der Waals surface area contributed by atoms with Gasteiger partial charge in [0.2, 0.25) is 10.5 Å². The summed E-state index contributed by atoms with van der Waals surface area (Å²) in [5, 5.41) is 1.93. The molecule has 2 rings (SSSR count). The van der Waals surface area contributed by atoms with E-state index in [9.17, 15) is 0 Å². The van der Waals surface area contributed by atoms with Crippen LogP contribution in [0.5, 0.6) is 34.5 Å². The van der Waals surface area contributed by atoms with Gasteiger partial charge in [0.1, 0.15) is 34.8 Å². The van der Waals surface area contributed by atoms with Crippen molar-refractivity contribution in [2.45, 2.75) is 13.1 Å². The Balaban J connectivity index is 0.000000896. The summed E-state index contributed by atoms with van der Waals surface area (Å²) in [5.74, 6) is 3.64. The van der Waals surface area contributed by atoms with E-state index in [4.69, 9.17) is 28.4 Å². The zero-order valence-corrected chi connectivity index (χ0v) is 28.0. The van der Waals surface area contributed by atoms with Gasteiger partial charge < -0.3 is 50.2 Å². The van der Waals surface area contributed by atoms with Gasteiger partial charge in [-0.05, 0) is 12.1 Å². The van der Waals surface area contributed by atoms with E-state index in [0.717, 1.165) is 10.4 Å². The van der Waals surface area contributed by atoms with E-state index in [-0.39, 0.29) is 18.6 Å². The molecular weight excluding hydrogens is 545 g/mol. The van der Waals surface area contributed by atoms with Crippen molar-refractivity contribution in [3.8, 4) is 34.5 Å². The first-order valence-electron chi connectivity index (χ1n) is 10.9. The predicted octanol–water partition coefficient (Wildman–Crippen LogP) is 1.88. The largest absolute Gasteiger partial charge is 0.749 e. The standard InChI is InChI=1S/C18H22O6Si.C4H12OSi.C2H6O2Si2/c1-19-11-7-9-13(17(23-5)15(11)21-3)25-14-10-8-12(20-2)16(22-4)18(14)24-6;1-5(2)6(3)4;1-4(2)6-3-5/h7-10H,1-6H3;1-4H3;1-2H3/q-1;;+1. The van der Waals surface area contributed by atoms with Gasteiger partial charge in [0.05, 0.1) is 56.9 Å². The van der Waals surface area contributed by atoms with Crippen LogP contribution in [0.2, 0.25) is 13.1 Å². The van der Waals surface area contributed by atoms with Crippen LogP contribution in [0, 0.1) is 0 Å². The molecule has 6 radical (unpaired) electrons. The highest BCUT2D eigenvalue weighted by Crippen LogP contribution is 2.37. The zero-order valence-electron chi connectivity index (χ0n) is 24.0. The number of benzene rings is 2. The van der Waals surface area contributed by atoms with E-state index in [2.05, 4.69) is 35.8 Å². The fourth-order valence-electron chi connectivity index (χ4n) is 2.63. The summed E-state index contributed by atoms with van der Waals surface area (Å²) < 4.78 is 42.7. The predicted molar refractivity (Wildman–Crippen MR) is 153 cm³/mol. The second-order valence-corrected chi connectivity index (χ2v) is 13.4. The lowest BCUT2D eigenvalue weighted by Crippen LogP contribution is -2.30. The number of rotatable bonds is 11. The topological polar surface area (TPSA) is 70.0 Å². The molecule has 0 unspecified atom stereocenters. The molecule has 0 aromatic heterocycles. The summed E-state index contributed by atoms with van der Waals surface area (Å²) in [5.41, 5.74) is 0. The Morgan fingerprint density at radius 1 is 0.649 bits per heavy atom. The Bertz CT molecular complexity index is 845. The fourth-order valence-corrected chi connectivity index (χ4v) is 4.58. The maximum atomic E-state index is 5.56. The lowest BCUT2D eigenvalue weighted by molar-refractivity contribution is 0.104. The summed E-state index contributed by atoms with van der Waals surface area (Å²) in [7, 11) is 20.6. The molecule has 0 N–H and O–H groups in total. The normalized spacial score (nSPS) is 10.2. The van der Waals surface area contributed by atoms with Crippen LogP contribution in [0.15, 0.2) is 24.3 Å². The van der Waals surface area contributed by atoms with Crippen LogP contribution in [-0.2, 0) is 12.2 Å². The van der Waals surface area contributed by atoms with Crippen molar-refractivity contribution in [3.63, 3.8) is 0 Å². The molecule has 13 heteroatoms. The van der Waals surface area contributed by atoms with Crippen molar-refractivity contribution < 1.29 is 40.6 Å². The quantitative estimate of drug-likeness (QED) is 0.295. The van der Waals surface area contributed by atoms with Gasteiger partial charge in [-0.25, -0.2) is 0 Å². The SMILES string of the molecule is COc1ccc([Si-]c2ccc(OC)c(OC)c2OC)c(OC)c1OC.C[O+](C)[Si-](C)C.C[O+](C)[Si]O[Si]. The van der Waals surface area contributed by atoms with Gasteiger partial charge in [-0.1, -0.05) is 12.1 Å². The molecule has 2 aromatic carbocycles. The van der Waals surface area contributed by atoms with Crippen molar-refractivity contribution in [3.05, 3.63) is 24.3 Å². The molecule has 206 valence electrons. The summed E-state index contributed by atoms with van der Waals surface area (Å²) in [4.78, 5) is 0. The molecule has 37 heavy (non-hydrogen) atoms. The molecule has 9 nitrogen and oxygen atoms in total.